The second kappa shape index (κ2) is 6.93. The molecule has 0 aromatic heterocycles. The summed E-state index contributed by atoms with van der Waals surface area (Å²) in [6, 6.07) is 8.06. The van der Waals surface area contributed by atoms with Gasteiger partial charge in [-0.05, 0) is 12.1 Å². The number of aliphatic hydroxyl groups is 1. The fourth-order valence-corrected chi connectivity index (χ4v) is 1.82. The highest BCUT2D eigenvalue weighted by molar-refractivity contribution is 8.00. The van der Waals surface area contributed by atoms with Crippen LogP contribution in [-0.4, -0.2) is 40.5 Å². The summed E-state index contributed by atoms with van der Waals surface area (Å²) in [4.78, 5) is 22.9. The number of aliphatic carboxylic acids is 1. The Kier molecular flexibility index (Phi) is 5.51. The molecule has 0 fully saturated rings. The average Bonchev–Trinajstić information content (AvgIpc) is 2.34. The zero-order valence-electron chi connectivity index (χ0n) is 9.00. The van der Waals surface area contributed by atoms with Crippen molar-refractivity contribution in [1.82, 2.24) is 5.32 Å². The minimum atomic E-state index is -1.24. The van der Waals surface area contributed by atoms with Crippen molar-refractivity contribution in [2.45, 2.75) is 10.9 Å². The summed E-state index contributed by atoms with van der Waals surface area (Å²) >= 11 is 1.31. The van der Waals surface area contributed by atoms with Gasteiger partial charge in [0.1, 0.15) is 6.04 Å². The molecule has 0 bridgehead atoms. The molecule has 0 aliphatic heterocycles. The molecule has 0 heterocycles. The van der Waals surface area contributed by atoms with Crippen molar-refractivity contribution < 1.29 is 19.8 Å². The molecule has 92 valence electrons. The second-order valence-electron chi connectivity index (χ2n) is 3.24. The average molecular weight is 255 g/mol. The molecule has 6 heteroatoms. The van der Waals surface area contributed by atoms with Crippen molar-refractivity contribution in [2.75, 3.05) is 12.4 Å². The van der Waals surface area contributed by atoms with Gasteiger partial charge in [-0.2, -0.15) is 0 Å². The number of carbonyl (C=O) groups excluding carboxylic acids is 1. The van der Waals surface area contributed by atoms with Crippen molar-refractivity contribution in [3.63, 3.8) is 0 Å². The number of amides is 1. The highest BCUT2D eigenvalue weighted by atomic mass is 32.2. The van der Waals surface area contributed by atoms with Gasteiger partial charge < -0.3 is 15.5 Å². The monoisotopic (exact) mass is 255 g/mol. The Labute approximate surface area is 103 Å². The predicted octanol–water partition coefficient (Wildman–Crippen LogP) is 0.340. The van der Waals surface area contributed by atoms with Crippen LogP contribution in [0.2, 0.25) is 0 Å². The fraction of sp³-hybridized carbons (Fsp3) is 0.273. The lowest BCUT2D eigenvalue weighted by atomic mass is 10.3. The van der Waals surface area contributed by atoms with Crippen LogP contribution in [0.15, 0.2) is 35.2 Å². The van der Waals surface area contributed by atoms with Crippen molar-refractivity contribution in [1.29, 1.82) is 0 Å². The number of carboxylic acids is 1. The van der Waals surface area contributed by atoms with Crippen LogP contribution in [0, 0.1) is 0 Å². The van der Waals surface area contributed by atoms with E-state index in [1.807, 2.05) is 30.3 Å². The van der Waals surface area contributed by atoms with E-state index < -0.39 is 24.5 Å². The highest BCUT2D eigenvalue weighted by Crippen LogP contribution is 2.16. The van der Waals surface area contributed by atoms with Crippen LogP contribution in [0.1, 0.15) is 0 Å². The van der Waals surface area contributed by atoms with E-state index in [0.29, 0.717) is 0 Å². The molecule has 0 radical (unpaired) electrons. The maximum Gasteiger partial charge on any atom is 0.328 e. The van der Waals surface area contributed by atoms with E-state index in [2.05, 4.69) is 5.32 Å². The topological polar surface area (TPSA) is 86.6 Å². The molecule has 1 rings (SSSR count). The highest BCUT2D eigenvalue weighted by Gasteiger charge is 2.18. The standard InChI is InChI=1S/C11H13NO4S/c13-6-9(11(15)16)12-10(14)7-17-8-4-2-1-3-5-8/h1-5,9,13H,6-7H2,(H,12,14)(H,15,16)/t9-/m0/s1. The quantitative estimate of drug-likeness (QED) is 0.638. The first kappa shape index (κ1) is 13.5. The van der Waals surface area contributed by atoms with Gasteiger partial charge in [0.2, 0.25) is 5.91 Å². The summed E-state index contributed by atoms with van der Waals surface area (Å²) in [5, 5.41) is 19.6. The number of thioether (sulfide) groups is 1. The van der Waals surface area contributed by atoms with E-state index in [1.54, 1.807) is 0 Å². The van der Waals surface area contributed by atoms with Crippen molar-refractivity contribution in [2.24, 2.45) is 0 Å². The van der Waals surface area contributed by atoms with E-state index in [1.165, 1.54) is 11.8 Å². The number of benzene rings is 1. The van der Waals surface area contributed by atoms with Crippen molar-refractivity contribution in [3.05, 3.63) is 30.3 Å². The number of nitrogens with one attached hydrogen (secondary N) is 1. The Balaban J connectivity index is 2.37. The third-order valence-corrected chi connectivity index (χ3v) is 2.94. The van der Waals surface area contributed by atoms with E-state index in [9.17, 15) is 9.59 Å². The van der Waals surface area contributed by atoms with Crippen LogP contribution in [0.3, 0.4) is 0 Å². The van der Waals surface area contributed by atoms with Gasteiger partial charge in [-0.25, -0.2) is 4.79 Å². The van der Waals surface area contributed by atoms with Crippen molar-refractivity contribution in [3.8, 4) is 0 Å². The number of hydrogen-bond donors (Lipinski definition) is 3. The second-order valence-corrected chi connectivity index (χ2v) is 4.29. The molecule has 5 nitrogen and oxygen atoms in total. The molecule has 1 aromatic rings. The number of aliphatic hydroxyl groups excluding tert-OH is 1. The molecule has 0 spiro atoms. The summed E-state index contributed by atoms with van der Waals surface area (Å²) in [7, 11) is 0. The fourth-order valence-electron chi connectivity index (χ4n) is 1.09. The zero-order chi connectivity index (χ0) is 12.7. The van der Waals surface area contributed by atoms with Gasteiger partial charge in [0, 0.05) is 4.90 Å². The summed E-state index contributed by atoms with van der Waals surface area (Å²) in [5.74, 6) is -1.54. The normalized spacial score (nSPS) is 11.8. The Morgan fingerprint density at radius 1 is 1.29 bits per heavy atom. The van der Waals surface area contributed by atoms with Gasteiger partial charge in [-0.1, -0.05) is 18.2 Å². The molecular weight excluding hydrogens is 242 g/mol. The predicted molar refractivity (Wildman–Crippen MR) is 63.8 cm³/mol. The smallest absolute Gasteiger partial charge is 0.328 e. The number of rotatable bonds is 6. The number of hydrogen-bond acceptors (Lipinski definition) is 4. The van der Waals surface area contributed by atoms with E-state index in [0.717, 1.165) is 4.90 Å². The Morgan fingerprint density at radius 2 is 1.94 bits per heavy atom. The molecule has 17 heavy (non-hydrogen) atoms. The first-order valence-corrected chi connectivity index (χ1v) is 5.93. The van der Waals surface area contributed by atoms with Crippen LogP contribution in [0.4, 0.5) is 0 Å². The first-order chi connectivity index (χ1) is 8.13. The maximum atomic E-state index is 11.4. The zero-order valence-corrected chi connectivity index (χ0v) is 9.81. The molecule has 3 N–H and O–H groups in total. The Morgan fingerprint density at radius 3 is 2.47 bits per heavy atom. The van der Waals surface area contributed by atoms with Crippen LogP contribution in [-0.2, 0) is 9.59 Å². The minimum absolute atomic E-state index is 0.119. The van der Waals surface area contributed by atoms with E-state index in [4.69, 9.17) is 10.2 Å². The molecule has 1 atom stereocenters. The lowest BCUT2D eigenvalue weighted by molar-refractivity contribution is -0.142. The van der Waals surface area contributed by atoms with Crippen LogP contribution >= 0.6 is 11.8 Å². The molecular formula is C11H13NO4S. The van der Waals surface area contributed by atoms with Crippen LogP contribution in [0.25, 0.3) is 0 Å². The Bertz CT molecular complexity index is 382. The third kappa shape index (κ3) is 4.88. The first-order valence-electron chi connectivity index (χ1n) is 4.94. The van der Waals surface area contributed by atoms with Crippen LogP contribution in [0.5, 0.6) is 0 Å². The molecule has 0 aliphatic carbocycles. The molecule has 0 aliphatic rings. The van der Waals surface area contributed by atoms with Gasteiger partial charge in [-0.3, -0.25) is 4.79 Å². The molecule has 0 saturated heterocycles. The van der Waals surface area contributed by atoms with Crippen LogP contribution < -0.4 is 5.32 Å². The summed E-state index contributed by atoms with van der Waals surface area (Å²) in [6.45, 7) is -0.614. The molecule has 0 saturated carbocycles. The lowest BCUT2D eigenvalue weighted by Crippen LogP contribution is -2.44. The molecule has 1 aromatic carbocycles. The molecule has 0 unspecified atom stereocenters. The SMILES string of the molecule is O=C(CSc1ccccc1)N[C@@H](CO)C(=O)O. The summed E-state index contributed by atoms with van der Waals surface area (Å²) < 4.78 is 0. The maximum absolute atomic E-state index is 11.4. The Hall–Kier alpha value is -1.53. The third-order valence-electron chi connectivity index (χ3n) is 1.93. The summed E-state index contributed by atoms with van der Waals surface area (Å²) in [6.07, 6.45) is 0. The van der Waals surface area contributed by atoms with Crippen molar-refractivity contribution >= 4 is 23.6 Å². The van der Waals surface area contributed by atoms with Gasteiger partial charge in [0.05, 0.1) is 12.4 Å². The number of carbonyl (C=O) groups is 2. The van der Waals surface area contributed by atoms with Gasteiger partial charge in [0.25, 0.3) is 0 Å². The largest absolute Gasteiger partial charge is 0.480 e. The van der Waals surface area contributed by atoms with E-state index >= 15 is 0 Å². The lowest BCUT2D eigenvalue weighted by Gasteiger charge is -2.11. The summed E-state index contributed by atoms with van der Waals surface area (Å²) in [5.41, 5.74) is 0. The minimum Gasteiger partial charge on any atom is -0.480 e. The van der Waals surface area contributed by atoms with Gasteiger partial charge in [-0.15, -0.1) is 11.8 Å². The van der Waals surface area contributed by atoms with E-state index in [-0.39, 0.29) is 5.75 Å². The van der Waals surface area contributed by atoms with Gasteiger partial charge >= 0.3 is 5.97 Å². The molecule has 1 amide bonds. The number of carboxylic acid groups (broad SMARTS) is 1. The van der Waals surface area contributed by atoms with Gasteiger partial charge in [0.15, 0.2) is 0 Å².